The van der Waals surface area contributed by atoms with Crippen LogP contribution < -0.4 is 15.7 Å². The monoisotopic (exact) mass is 601 g/mol. The number of carboxylic acid groups (broad SMARTS) is 1. The van der Waals surface area contributed by atoms with E-state index >= 15 is 0 Å². The van der Waals surface area contributed by atoms with Gasteiger partial charge in [-0.1, -0.05) is 99.1 Å². The van der Waals surface area contributed by atoms with Crippen LogP contribution in [-0.4, -0.2) is 44.6 Å². The number of aliphatic carboxylic acids is 1. The number of rotatable bonds is 12. The lowest BCUT2D eigenvalue weighted by Crippen LogP contribution is -2.65. The molecule has 0 fully saturated rings. The van der Waals surface area contributed by atoms with Crippen molar-refractivity contribution in [3.05, 3.63) is 121 Å². The van der Waals surface area contributed by atoms with Gasteiger partial charge in [0.15, 0.2) is 0 Å². The van der Waals surface area contributed by atoms with Crippen LogP contribution in [-0.2, 0) is 14.6 Å². The van der Waals surface area contributed by atoms with Crippen LogP contribution in [0.4, 0.5) is 0 Å². The maximum Gasteiger partial charge on any atom is 0.326 e. The molecule has 218 valence electrons. The summed E-state index contributed by atoms with van der Waals surface area (Å²) in [4.78, 5) is 37.5. The molecule has 0 aliphatic rings. The number of nitrogens with one attached hydrogen (secondary N) is 1. The third kappa shape index (κ3) is 6.54. The molecule has 4 rings (SSSR count). The summed E-state index contributed by atoms with van der Waals surface area (Å²) < 4.78 is 25.7. The van der Waals surface area contributed by atoms with E-state index < -0.39 is 41.1 Å². The third-order valence-electron chi connectivity index (χ3n) is 7.74. The first-order chi connectivity index (χ1) is 20.0. The molecule has 4 aromatic carbocycles. The maximum absolute atomic E-state index is 12.9. The van der Waals surface area contributed by atoms with Crippen LogP contribution in [0.25, 0.3) is 0 Å². The molecule has 0 aromatic heterocycles. The van der Waals surface area contributed by atoms with E-state index in [1.165, 1.54) is 36.4 Å². The van der Waals surface area contributed by atoms with E-state index in [9.17, 15) is 27.9 Å². The summed E-state index contributed by atoms with van der Waals surface area (Å²) in [6.45, 7) is 4.03. The zero-order valence-electron chi connectivity index (χ0n) is 23.6. The molecule has 7 nitrogen and oxygen atoms in total. The van der Waals surface area contributed by atoms with Gasteiger partial charge in [0.25, 0.3) is 14.2 Å². The molecule has 0 radical (unpaired) electrons. The minimum absolute atomic E-state index is 0.0377. The highest BCUT2D eigenvalue weighted by molar-refractivity contribution is 7.91. The Kier molecular flexibility index (Phi) is 9.45. The number of carboxylic acids is 1. The van der Waals surface area contributed by atoms with E-state index in [4.69, 9.17) is 0 Å². The van der Waals surface area contributed by atoms with Crippen molar-refractivity contribution in [2.75, 3.05) is 0 Å². The van der Waals surface area contributed by atoms with Gasteiger partial charge in [0.2, 0.25) is 9.84 Å². The second-order valence-corrected chi connectivity index (χ2v) is 16.8. The van der Waals surface area contributed by atoms with Crippen LogP contribution in [0.15, 0.2) is 125 Å². The van der Waals surface area contributed by atoms with E-state index in [2.05, 4.69) is 5.32 Å². The van der Waals surface area contributed by atoms with Crippen LogP contribution in [0.5, 0.6) is 0 Å². The van der Waals surface area contributed by atoms with Gasteiger partial charge in [0.1, 0.15) is 6.04 Å². The van der Waals surface area contributed by atoms with Gasteiger partial charge in [-0.3, -0.25) is 4.79 Å². The second kappa shape index (κ2) is 12.9. The predicted molar refractivity (Wildman–Crippen MR) is 165 cm³/mol. The van der Waals surface area contributed by atoms with Gasteiger partial charge >= 0.3 is 5.97 Å². The second-order valence-electron chi connectivity index (χ2n) is 10.9. The molecular formula is C33H35NO6SSi. The first-order valence-corrected chi connectivity index (χ1v) is 17.2. The fourth-order valence-corrected chi connectivity index (χ4v) is 10.3. The standard InChI is InChI=1S/C33H35NO6SSi/c1-33(2,42(40,28-15-8-4-9-16-28)29-17-10-5-11-18-29)24-12-19-30(32(36)37)34-31(35)25-20-22-27(23-21-25)41(38,39)26-13-6-3-7-14-26/h3-11,13-18,20-23,30,40H,12,19,24H2,1-2H3,(H,34,35)(H,36,37)/t30-/m0/s1. The topological polar surface area (TPSA) is 121 Å². The van der Waals surface area contributed by atoms with Gasteiger partial charge in [-0.15, -0.1) is 0 Å². The van der Waals surface area contributed by atoms with Crippen molar-refractivity contribution in [2.45, 2.75) is 54.0 Å². The molecule has 1 atom stereocenters. The van der Waals surface area contributed by atoms with E-state index in [-0.39, 0.29) is 21.8 Å². The molecular weight excluding hydrogens is 567 g/mol. The molecule has 0 spiro atoms. The number of benzene rings is 4. The Morgan fingerprint density at radius 3 is 1.69 bits per heavy atom. The van der Waals surface area contributed by atoms with Crippen molar-refractivity contribution >= 4 is 40.4 Å². The number of sulfone groups is 1. The predicted octanol–water partition coefficient (Wildman–Crippen LogP) is 4.41. The lowest BCUT2D eigenvalue weighted by Gasteiger charge is -2.41. The molecule has 42 heavy (non-hydrogen) atoms. The molecule has 9 heteroatoms. The summed E-state index contributed by atoms with van der Waals surface area (Å²) in [7, 11) is -6.98. The largest absolute Gasteiger partial charge is 0.480 e. The Morgan fingerprint density at radius 1 is 0.762 bits per heavy atom. The summed E-state index contributed by atoms with van der Waals surface area (Å²) in [6, 6.07) is 31.5. The van der Waals surface area contributed by atoms with E-state index in [0.29, 0.717) is 12.8 Å². The van der Waals surface area contributed by atoms with Gasteiger partial charge in [-0.05, 0) is 64.7 Å². The average molecular weight is 602 g/mol. The van der Waals surface area contributed by atoms with Gasteiger partial charge < -0.3 is 15.2 Å². The van der Waals surface area contributed by atoms with E-state index in [0.717, 1.165) is 10.4 Å². The lowest BCUT2D eigenvalue weighted by molar-refractivity contribution is -0.139. The summed E-state index contributed by atoms with van der Waals surface area (Å²) in [5.74, 6) is -1.77. The first kappa shape index (κ1) is 30.9. The zero-order valence-corrected chi connectivity index (χ0v) is 25.4. The van der Waals surface area contributed by atoms with Gasteiger partial charge in [0.05, 0.1) is 9.79 Å². The Morgan fingerprint density at radius 2 is 1.21 bits per heavy atom. The molecule has 0 unspecified atom stereocenters. The molecule has 0 bridgehead atoms. The van der Waals surface area contributed by atoms with Crippen LogP contribution in [0.1, 0.15) is 43.5 Å². The molecule has 1 amide bonds. The van der Waals surface area contributed by atoms with Crippen LogP contribution in [0.2, 0.25) is 5.04 Å². The molecule has 0 aliphatic heterocycles. The van der Waals surface area contributed by atoms with Crippen molar-refractivity contribution in [1.82, 2.24) is 5.32 Å². The van der Waals surface area contributed by atoms with Gasteiger partial charge in [0, 0.05) is 5.56 Å². The summed E-state index contributed by atoms with van der Waals surface area (Å²) >= 11 is 0. The minimum atomic E-state index is -3.74. The van der Waals surface area contributed by atoms with Crippen LogP contribution in [0, 0.1) is 0 Å². The van der Waals surface area contributed by atoms with E-state index in [1.807, 2.05) is 74.5 Å². The molecule has 0 aliphatic carbocycles. The van der Waals surface area contributed by atoms with Crippen molar-refractivity contribution in [3.63, 3.8) is 0 Å². The Balaban J connectivity index is 1.45. The average Bonchev–Trinajstić information content (AvgIpc) is 3.01. The van der Waals surface area contributed by atoms with Crippen molar-refractivity contribution in [3.8, 4) is 0 Å². The minimum Gasteiger partial charge on any atom is -0.480 e. The normalized spacial score (nSPS) is 12.8. The number of carbonyl (C=O) groups excluding carboxylic acids is 1. The molecule has 4 aromatic rings. The number of carbonyl (C=O) groups is 2. The fraction of sp³-hybridized carbons (Fsp3) is 0.212. The highest BCUT2D eigenvalue weighted by Crippen LogP contribution is 2.40. The highest BCUT2D eigenvalue weighted by Gasteiger charge is 2.49. The van der Waals surface area contributed by atoms with Crippen LogP contribution in [0.3, 0.4) is 0 Å². The Labute approximate surface area is 247 Å². The smallest absolute Gasteiger partial charge is 0.326 e. The third-order valence-corrected chi connectivity index (χ3v) is 14.1. The van der Waals surface area contributed by atoms with Gasteiger partial charge in [-0.25, -0.2) is 13.2 Å². The summed E-state index contributed by atoms with van der Waals surface area (Å²) in [5, 5.41) is 13.6. The fourth-order valence-electron chi connectivity index (χ4n) is 5.26. The number of hydrogen-bond donors (Lipinski definition) is 3. The Hall–Kier alpha value is -4.05. The van der Waals surface area contributed by atoms with Crippen molar-refractivity contribution < 1.29 is 27.9 Å². The highest BCUT2D eigenvalue weighted by atomic mass is 32.2. The summed E-state index contributed by atoms with van der Waals surface area (Å²) in [5.41, 5.74) is 0.156. The Bertz CT molecular complexity index is 1570. The summed E-state index contributed by atoms with van der Waals surface area (Å²) in [6.07, 6.45) is 1.15. The van der Waals surface area contributed by atoms with Crippen molar-refractivity contribution in [2.24, 2.45) is 0 Å². The van der Waals surface area contributed by atoms with Gasteiger partial charge in [-0.2, -0.15) is 0 Å². The number of hydrogen-bond acceptors (Lipinski definition) is 5. The lowest BCUT2D eigenvalue weighted by atomic mass is 10.0. The maximum atomic E-state index is 12.9. The number of amides is 1. The molecule has 0 saturated carbocycles. The van der Waals surface area contributed by atoms with E-state index in [1.54, 1.807) is 18.2 Å². The first-order valence-electron chi connectivity index (χ1n) is 13.7. The van der Waals surface area contributed by atoms with Crippen molar-refractivity contribution in [1.29, 1.82) is 0 Å². The molecule has 0 heterocycles. The van der Waals surface area contributed by atoms with Crippen LogP contribution >= 0.6 is 0 Å². The molecule has 3 N–H and O–H groups in total. The molecule has 0 saturated heterocycles. The zero-order chi connectivity index (χ0) is 30.4. The SMILES string of the molecule is CC(C)(CCC[C@H](NC(=O)c1ccc(S(=O)(=O)c2ccccc2)cc1)C(=O)O)[Si](O)(c1ccccc1)c1ccccc1. The quantitative estimate of drug-likeness (QED) is 0.207.